The van der Waals surface area contributed by atoms with Crippen LogP contribution in [0.5, 0.6) is 5.75 Å². The molecule has 11 heteroatoms. The number of rotatable bonds is 7. The van der Waals surface area contributed by atoms with Crippen molar-refractivity contribution in [1.82, 2.24) is 5.32 Å². The van der Waals surface area contributed by atoms with E-state index in [0.717, 1.165) is 18.2 Å². The lowest BCUT2D eigenvalue weighted by Crippen LogP contribution is -2.40. The summed E-state index contributed by atoms with van der Waals surface area (Å²) < 4.78 is 5.14. The topological polar surface area (TPSA) is 154 Å². The van der Waals surface area contributed by atoms with Crippen LogP contribution in [-0.2, 0) is 4.79 Å². The Hall–Kier alpha value is -4.02. The largest absolute Gasteiger partial charge is 0.477 e. The number of hydrogen-bond donors (Lipinski definition) is 2. The molecule has 2 rings (SSSR count). The average molecular weight is 416 g/mol. The van der Waals surface area contributed by atoms with Crippen molar-refractivity contribution >= 4 is 28.9 Å². The molecule has 2 N–H and O–H groups in total. The van der Waals surface area contributed by atoms with Gasteiger partial charge in [0.25, 0.3) is 17.5 Å². The Kier molecular flexibility index (Phi) is 6.67. The Morgan fingerprint density at radius 1 is 1.00 bits per heavy atom. The summed E-state index contributed by atoms with van der Waals surface area (Å²) in [4.78, 5) is 44.4. The van der Waals surface area contributed by atoms with Crippen LogP contribution in [0.4, 0.5) is 17.1 Å². The van der Waals surface area contributed by atoms with Gasteiger partial charge in [-0.3, -0.25) is 29.8 Å². The van der Waals surface area contributed by atoms with Crippen molar-refractivity contribution in [3.05, 3.63) is 68.3 Å². The molecule has 0 spiro atoms. The van der Waals surface area contributed by atoms with E-state index in [9.17, 15) is 29.8 Å². The third-order valence-corrected chi connectivity index (χ3v) is 3.63. The molecule has 0 radical (unpaired) electrons. The molecule has 158 valence electrons. The fourth-order valence-electron chi connectivity index (χ4n) is 2.34. The van der Waals surface area contributed by atoms with E-state index in [2.05, 4.69) is 10.6 Å². The van der Waals surface area contributed by atoms with Crippen molar-refractivity contribution in [2.45, 2.75) is 26.3 Å². The predicted octanol–water partition coefficient (Wildman–Crippen LogP) is 3.05. The maximum atomic E-state index is 12.1. The van der Waals surface area contributed by atoms with E-state index in [0.29, 0.717) is 11.3 Å². The molecule has 0 saturated carbocycles. The highest BCUT2D eigenvalue weighted by Crippen LogP contribution is 2.30. The highest BCUT2D eigenvalue weighted by Gasteiger charge is 2.21. The number of carbonyl (C=O) groups is 2. The molecule has 2 aromatic carbocycles. The number of anilines is 1. The van der Waals surface area contributed by atoms with E-state index < -0.39 is 33.7 Å². The van der Waals surface area contributed by atoms with Crippen LogP contribution in [-0.4, -0.2) is 33.8 Å². The van der Waals surface area contributed by atoms with Crippen molar-refractivity contribution in [2.24, 2.45) is 0 Å². The van der Waals surface area contributed by atoms with E-state index in [1.165, 1.54) is 12.1 Å². The van der Waals surface area contributed by atoms with Gasteiger partial charge in [0.05, 0.1) is 15.9 Å². The van der Waals surface area contributed by atoms with Crippen LogP contribution in [0, 0.1) is 20.2 Å². The first-order chi connectivity index (χ1) is 14.0. The molecular weight excluding hydrogens is 396 g/mol. The number of nitro groups is 2. The van der Waals surface area contributed by atoms with Gasteiger partial charge in [-0.1, -0.05) is 0 Å². The van der Waals surface area contributed by atoms with Gasteiger partial charge in [0.15, 0.2) is 12.4 Å². The first-order valence-electron chi connectivity index (χ1n) is 8.74. The Bertz CT molecular complexity index is 981. The normalized spacial score (nSPS) is 10.8. The quantitative estimate of drug-likeness (QED) is 0.519. The van der Waals surface area contributed by atoms with Gasteiger partial charge in [0.1, 0.15) is 0 Å². The molecule has 0 heterocycles. The third kappa shape index (κ3) is 6.26. The fraction of sp³-hybridized carbons (Fsp3) is 0.263. The molecule has 30 heavy (non-hydrogen) atoms. The molecule has 0 unspecified atom stereocenters. The molecule has 0 aromatic heterocycles. The van der Waals surface area contributed by atoms with Crippen molar-refractivity contribution in [2.75, 3.05) is 11.9 Å². The van der Waals surface area contributed by atoms with Crippen molar-refractivity contribution < 1.29 is 24.2 Å². The molecule has 2 aromatic rings. The Labute approximate surface area is 171 Å². The van der Waals surface area contributed by atoms with Crippen LogP contribution in [0.1, 0.15) is 31.1 Å². The molecule has 0 aliphatic carbocycles. The summed E-state index contributed by atoms with van der Waals surface area (Å²) in [5, 5.41) is 27.2. The minimum atomic E-state index is -0.832. The van der Waals surface area contributed by atoms with E-state index >= 15 is 0 Å². The standard InChI is InChI=1S/C19H20N4O7/c1-19(2,3)21-18(25)12-4-6-13(7-5-12)20-17(24)11-30-16-9-8-14(22(26)27)10-15(16)23(28)29/h4-10H,11H2,1-3H3,(H,20,24)(H,21,25). The first-order valence-corrected chi connectivity index (χ1v) is 8.74. The number of nitro benzene ring substituents is 2. The molecule has 0 saturated heterocycles. The number of hydrogen-bond acceptors (Lipinski definition) is 7. The second-order valence-electron chi connectivity index (χ2n) is 7.28. The number of ether oxygens (including phenoxy) is 1. The Balaban J connectivity index is 1.99. The maximum absolute atomic E-state index is 12.1. The van der Waals surface area contributed by atoms with E-state index in [4.69, 9.17) is 4.74 Å². The lowest BCUT2D eigenvalue weighted by molar-refractivity contribution is -0.394. The number of non-ortho nitro benzene ring substituents is 1. The minimum absolute atomic E-state index is 0.255. The van der Waals surface area contributed by atoms with Crippen LogP contribution in [0.25, 0.3) is 0 Å². The Morgan fingerprint density at radius 3 is 2.17 bits per heavy atom. The number of nitrogens with one attached hydrogen (secondary N) is 2. The lowest BCUT2D eigenvalue weighted by Gasteiger charge is -2.20. The molecular formula is C19H20N4O7. The smallest absolute Gasteiger partial charge is 0.317 e. The molecule has 2 amide bonds. The van der Waals surface area contributed by atoms with Gasteiger partial charge in [-0.2, -0.15) is 0 Å². The Morgan fingerprint density at radius 2 is 1.63 bits per heavy atom. The summed E-state index contributed by atoms with van der Waals surface area (Å²) in [5.41, 5.74) is -0.656. The summed E-state index contributed by atoms with van der Waals surface area (Å²) in [5.74, 6) is -1.13. The number of amides is 2. The van der Waals surface area contributed by atoms with E-state index in [1.54, 1.807) is 12.1 Å². The molecule has 0 aliphatic heterocycles. The number of benzene rings is 2. The SMILES string of the molecule is CC(C)(C)NC(=O)c1ccc(NC(=O)COc2ccc([N+](=O)[O-])cc2[N+](=O)[O-])cc1. The molecule has 0 aliphatic rings. The zero-order valence-corrected chi connectivity index (χ0v) is 16.5. The number of carbonyl (C=O) groups excluding carboxylic acids is 2. The van der Waals surface area contributed by atoms with Crippen molar-refractivity contribution in [1.29, 1.82) is 0 Å². The maximum Gasteiger partial charge on any atom is 0.317 e. The van der Waals surface area contributed by atoms with Gasteiger partial charge >= 0.3 is 5.69 Å². The molecule has 0 atom stereocenters. The van der Waals surface area contributed by atoms with Gasteiger partial charge in [-0.05, 0) is 51.1 Å². The molecule has 0 fully saturated rings. The average Bonchev–Trinajstić information content (AvgIpc) is 2.65. The summed E-state index contributed by atoms with van der Waals surface area (Å²) in [6, 6.07) is 9.01. The van der Waals surface area contributed by atoms with Crippen molar-refractivity contribution in [3.8, 4) is 5.75 Å². The summed E-state index contributed by atoms with van der Waals surface area (Å²) in [6.45, 7) is 5.02. The van der Waals surface area contributed by atoms with Gasteiger partial charge in [0.2, 0.25) is 0 Å². The molecule has 0 bridgehead atoms. The van der Waals surface area contributed by atoms with Crippen molar-refractivity contribution in [3.63, 3.8) is 0 Å². The fourth-order valence-corrected chi connectivity index (χ4v) is 2.34. The summed E-state index contributed by atoms with van der Waals surface area (Å²) in [7, 11) is 0. The van der Waals surface area contributed by atoms with Gasteiger partial charge < -0.3 is 15.4 Å². The second-order valence-corrected chi connectivity index (χ2v) is 7.28. The van der Waals surface area contributed by atoms with Crippen LogP contribution in [0.15, 0.2) is 42.5 Å². The predicted molar refractivity (Wildman–Crippen MR) is 108 cm³/mol. The van der Waals surface area contributed by atoms with Gasteiger partial charge in [0, 0.05) is 22.9 Å². The van der Waals surface area contributed by atoms with E-state index in [1.807, 2.05) is 20.8 Å². The number of nitrogens with zero attached hydrogens (tertiary/aromatic N) is 2. The molecule has 11 nitrogen and oxygen atoms in total. The lowest BCUT2D eigenvalue weighted by atomic mass is 10.1. The summed E-state index contributed by atoms with van der Waals surface area (Å²) >= 11 is 0. The second kappa shape index (κ2) is 8.99. The highest BCUT2D eigenvalue weighted by molar-refractivity contribution is 5.96. The van der Waals surface area contributed by atoms with Crippen LogP contribution >= 0.6 is 0 Å². The first kappa shape index (κ1) is 22.3. The van der Waals surface area contributed by atoms with Gasteiger partial charge in [-0.15, -0.1) is 0 Å². The van der Waals surface area contributed by atoms with Crippen LogP contribution in [0.2, 0.25) is 0 Å². The van der Waals surface area contributed by atoms with Crippen LogP contribution < -0.4 is 15.4 Å². The minimum Gasteiger partial charge on any atom is -0.477 e. The monoisotopic (exact) mass is 416 g/mol. The van der Waals surface area contributed by atoms with Gasteiger partial charge in [-0.25, -0.2) is 0 Å². The van der Waals surface area contributed by atoms with Crippen LogP contribution in [0.3, 0.4) is 0 Å². The third-order valence-electron chi connectivity index (χ3n) is 3.63. The van der Waals surface area contributed by atoms with E-state index in [-0.39, 0.29) is 17.2 Å². The zero-order valence-electron chi connectivity index (χ0n) is 16.5. The highest BCUT2D eigenvalue weighted by atomic mass is 16.6. The summed E-state index contributed by atoms with van der Waals surface area (Å²) in [6.07, 6.45) is 0. The zero-order chi connectivity index (χ0) is 22.5.